The van der Waals surface area contributed by atoms with Gasteiger partial charge in [0, 0.05) is 24.2 Å². The molecule has 0 spiro atoms. The van der Waals surface area contributed by atoms with Gasteiger partial charge in [-0.1, -0.05) is 31.5 Å². The number of pyridine rings is 2. The van der Waals surface area contributed by atoms with E-state index in [1.165, 1.54) is 6.20 Å². The molecule has 0 radical (unpaired) electrons. The van der Waals surface area contributed by atoms with E-state index in [1.807, 2.05) is 31.2 Å². The number of rotatable bonds is 16. The van der Waals surface area contributed by atoms with Crippen LogP contribution in [0.25, 0.3) is 21.9 Å². The molecule has 0 aliphatic carbocycles. The molecule has 4 rings (SSSR count). The van der Waals surface area contributed by atoms with Gasteiger partial charge in [-0.15, -0.1) is 0 Å². The molecule has 0 fully saturated rings. The maximum absolute atomic E-state index is 14.0. The van der Waals surface area contributed by atoms with Gasteiger partial charge in [-0.2, -0.15) is 5.09 Å². The average Bonchev–Trinajstić information content (AvgIpc) is 3.36. The quantitative estimate of drug-likeness (QED) is 0.114. The lowest BCUT2D eigenvalue weighted by Crippen LogP contribution is -2.36. The highest BCUT2D eigenvalue weighted by molar-refractivity contribution is 7.52. The van der Waals surface area contributed by atoms with Gasteiger partial charge in [-0.05, 0) is 58.7 Å². The van der Waals surface area contributed by atoms with Crippen LogP contribution >= 0.6 is 7.75 Å². The molecule has 0 bridgehead atoms. The largest absolute Gasteiger partial charge is 0.462 e. The van der Waals surface area contributed by atoms with Gasteiger partial charge < -0.3 is 24.3 Å². The molecular formula is C30H41N6O6P. The van der Waals surface area contributed by atoms with Crippen molar-refractivity contribution in [1.82, 2.24) is 24.6 Å². The van der Waals surface area contributed by atoms with E-state index in [1.54, 1.807) is 39.1 Å². The summed E-state index contributed by atoms with van der Waals surface area (Å²) in [6.45, 7) is 9.93. The molecule has 3 N–H and O–H groups in total. The van der Waals surface area contributed by atoms with Crippen molar-refractivity contribution in [3.05, 3.63) is 54.6 Å². The predicted octanol–water partition coefficient (Wildman–Crippen LogP) is 5.96. The van der Waals surface area contributed by atoms with Crippen LogP contribution in [0.2, 0.25) is 0 Å². The fraction of sp³-hybridized carbons (Fsp3) is 0.467. The Morgan fingerprint density at radius 3 is 2.58 bits per heavy atom. The predicted molar refractivity (Wildman–Crippen MR) is 166 cm³/mol. The molecule has 0 saturated heterocycles. The molecule has 0 aliphatic rings. The highest BCUT2D eigenvalue weighted by atomic mass is 31.2. The Bertz CT molecular complexity index is 1560. The number of hydrogen-bond acceptors (Lipinski definition) is 10. The summed E-state index contributed by atoms with van der Waals surface area (Å²) in [6.07, 6.45) is 4.78. The van der Waals surface area contributed by atoms with Crippen LogP contribution in [0.1, 0.15) is 65.7 Å². The van der Waals surface area contributed by atoms with E-state index in [0.717, 1.165) is 35.1 Å². The molecule has 0 aliphatic heterocycles. The lowest BCUT2D eigenvalue weighted by Gasteiger charge is -2.25. The second-order valence-electron chi connectivity index (χ2n) is 10.4. The van der Waals surface area contributed by atoms with Crippen LogP contribution in [-0.4, -0.2) is 50.8 Å². The molecule has 232 valence electrons. The summed E-state index contributed by atoms with van der Waals surface area (Å²) in [7, 11) is -4.04. The van der Waals surface area contributed by atoms with Gasteiger partial charge in [-0.25, -0.2) is 14.5 Å². The normalized spacial score (nSPS) is 14.6. The van der Waals surface area contributed by atoms with E-state index < -0.39 is 19.8 Å². The second-order valence-corrected chi connectivity index (χ2v) is 12.1. The number of hydrogen-bond donors (Lipinski definition) is 2. The van der Waals surface area contributed by atoms with Gasteiger partial charge in [0.2, 0.25) is 0 Å². The zero-order chi connectivity index (χ0) is 31.0. The maximum Gasteiger partial charge on any atom is 0.459 e. The molecule has 0 saturated carbocycles. The number of para-hydroxylation sites is 1. The molecule has 43 heavy (non-hydrogen) atoms. The number of ether oxygens (including phenoxy) is 2. The van der Waals surface area contributed by atoms with Crippen molar-refractivity contribution >= 4 is 41.5 Å². The van der Waals surface area contributed by atoms with Crippen molar-refractivity contribution in [3.8, 4) is 5.75 Å². The molecule has 0 unspecified atom stereocenters. The number of imidazole rings is 1. The molecule has 0 amide bonds. The highest BCUT2D eigenvalue weighted by Crippen LogP contribution is 2.45. The van der Waals surface area contributed by atoms with Gasteiger partial charge in [0.25, 0.3) is 0 Å². The van der Waals surface area contributed by atoms with Gasteiger partial charge in [-0.3, -0.25) is 14.3 Å². The van der Waals surface area contributed by atoms with E-state index in [4.69, 9.17) is 29.2 Å². The number of nitrogen functional groups attached to an aromatic ring is 1. The van der Waals surface area contributed by atoms with E-state index in [9.17, 15) is 9.36 Å². The Morgan fingerprint density at radius 2 is 1.88 bits per heavy atom. The summed E-state index contributed by atoms with van der Waals surface area (Å²) in [5.41, 5.74) is 8.63. The Morgan fingerprint density at radius 1 is 1.09 bits per heavy atom. The lowest BCUT2D eigenvalue weighted by atomic mass is 10.1. The van der Waals surface area contributed by atoms with Gasteiger partial charge >= 0.3 is 13.7 Å². The summed E-state index contributed by atoms with van der Waals surface area (Å²) in [4.78, 5) is 26.0. The van der Waals surface area contributed by atoms with E-state index in [2.05, 4.69) is 26.5 Å². The average molecular weight is 613 g/mol. The smallest absolute Gasteiger partial charge is 0.459 e. The second kappa shape index (κ2) is 14.7. The molecule has 3 aromatic heterocycles. The number of esters is 1. The number of carbonyl (C=O) groups is 1. The zero-order valence-corrected chi connectivity index (χ0v) is 26.3. The summed E-state index contributed by atoms with van der Waals surface area (Å²) >= 11 is 0. The van der Waals surface area contributed by atoms with Gasteiger partial charge in [0.1, 0.15) is 29.7 Å². The number of benzene rings is 1. The van der Waals surface area contributed by atoms with Crippen molar-refractivity contribution in [2.45, 2.75) is 78.7 Å². The SMILES string of the molecule is CCC[C@H](CCO[P@@](=O)(N[C@@H](C)C(=O)OC(C)C)Oc1cccnc1)n1c(COCC)nc2c(N)nc3ccccc3c21. The summed E-state index contributed by atoms with van der Waals surface area (Å²) < 4.78 is 38.9. The minimum Gasteiger partial charge on any atom is -0.462 e. The third-order valence-corrected chi connectivity index (χ3v) is 8.36. The molecule has 3 atom stereocenters. The number of aromatic nitrogens is 4. The lowest BCUT2D eigenvalue weighted by molar-refractivity contribution is -0.149. The Hall–Kier alpha value is -3.57. The van der Waals surface area contributed by atoms with Crippen LogP contribution in [0, 0.1) is 0 Å². The number of carbonyl (C=O) groups excluding carboxylic acids is 1. The Kier molecular flexibility index (Phi) is 11.1. The highest BCUT2D eigenvalue weighted by Gasteiger charge is 2.33. The minimum absolute atomic E-state index is 0.0490. The standard InChI is InChI=1S/C30H41N6O6P/c1-6-11-22(36-26(19-39-7-2)34-27-28(36)24-13-8-9-14-25(24)33-29(27)31)15-17-40-43(38,42-23-12-10-16-32-18-23)35-21(5)30(37)41-20(3)4/h8-10,12-14,16,18,20-22H,6-7,11,15,17,19H2,1-5H3,(H2,31,33)(H,35,38)/t21-,22+,43-/m0/s1. The van der Waals surface area contributed by atoms with Crippen LogP contribution in [0.4, 0.5) is 5.82 Å². The third kappa shape index (κ3) is 8.08. The van der Waals surface area contributed by atoms with E-state index in [-0.39, 0.29) is 24.5 Å². The molecule has 13 heteroatoms. The van der Waals surface area contributed by atoms with Crippen molar-refractivity contribution in [3.63, 3.8) is 0 Å². The fourth-order valence-electron chi connectivity index (χ4n) is 4.86. The van der Waals surface area contributed by atoms with Crippen molar-refractivity contribution < 1.29 is 27.9 Å². The number of fused-ring (bicyclic) bond motifs is 3. The number of nitrogens with one attached hydrogen (secondary N) is 1. The molecular weight excluding hydrogens is 571 g/mol. The maximum atomic E-state index is 14.0. The molecule has 12 nitrogen and oxygen atoms in total. The number of nitrogens with two attached hydrogens (primary N) is 1. The first kappa shape index (κ1) is 32.3. The Balaban J connectivity index is 1.65. The Labute approximate surface area is 251 Å². The van der Waals surface area contributed by atoms with Crippen LogP contribution in [0.5, 0.6) is 5.75 Å². The third-order valence-electron chi connectivity index (χ3n) is 6.68. The topological polar surface area (TPSA) is 153 Å². The monoisotopic (exact) mass is 612 g/mol. The van der Waals surface area contributed by atoms with Crippen molar-refractivity contribution in [2.75, 3.05) is 18.9 Å². The van der Waals surface area contributed by atoms with Crippen molar-refractivity contribution in [1.29, 1.82) is 0 Å². The van der Waals surface area contributed by atoms with Crippen LogP contribution in [0.15, 0.2) is 48.8 Å². The summed E-state index contributed by atoms with van der Waals surface area (Å²) in [5, 5.41) is 3.66. The first-order chi connectivity index (χ1) is 20.7. The number of nitrogens with zero attached hydrogens (tertiary/aromatic N) is 4. The minimum atomic E-state index is -4.04. The van der Waals surface area contributed by atoms with Crippen molar-refractivity contribution in [2.24, 2.45) is 0 Å². The fourth-order valence-corrected chi connectivity index (χ4v) is 6.35. The first-order valence-corrected chi connectivity index (χ1v) is 16.1. The molecule has 4 aromatic rings. The van der Waals surface area contributed by atoms with Gasteiger partial charge in [0.15, 0.2) is 5.82 Å². The van der Waals surface area contributed by atoms with Crippen LogP contribution in [0.3, 0.4) is 0 Å². The summed E-state index contributed by atoms with van der Waals surface area (Å²) in [5.74, 6) is 0.735. The van der Waals surface area contributed by atoms with E-state index in [0.29, 0.717) is 31.0 Å². The van der Waals surface area contributed by atoms with Crippen LogP contribution < -0.4 is 15.3 Å². The van der Waals surface area contributed by atoms with Crippen LogP contribution in [-0.2, 0) is 30.0 Å². The zero-order valence-electron chi connectivity index (χ0n) is 25.4. The molecule has 1 aromatic carbocycles. The van der Waals surface area contributed by atoms with E-state index >= 15 is 0 Å². The number of anilines is 1. The summed E-state index contributed by atoms with van der Waals surface area (Å²) in [6, 6.07) is 10.0. The first-order valence-electron chi connectivity index (χ1n) is 14.6. The van der Waals surface area contributed by atoms with Gasteiger partial charge in [0.05, 0.1) is 29.9 Å². The molecule has 3 heterocycles.